The Hall–Kier alpha value is -1.85. The first-order valence-electron chi connectivity index (χ1n) is 6.02. The Bertz CT molecular complexity index is 449. The van der Waals surface area contributed by atoms with Crippen LogP contribution in [0.5, 0.6) is 0 Å². The fourth-order valence-corrected chi connectivity index (χ4v) is 1.79. The van der Waals surface area contributed by atoms with Crippen molar-refractivity contribution in [1.82, 2.24) is 0 Å². The van der Waals surface area contributed by atoms with E-state index >= 15 is 0 Å². The van der Waals surface area contributed by atoms with E-state index in [2.05, 4.69) is 5.32 Å². The Morgan fingerprint density at radius 3 is 2.61 bits per heavy atom. The lowest BCUT2D eigenvalue weighted by molar-refractivity contribution is -0.383. The molecule has 0 amide bonds. The van der Waals surface area contributed by atoms with Gasteiger partial charge >= 0.3 is 5.69 Å². The Morgan fingerprint density at radius 2 is 2.11 bits per heavy atom. The van der Waals surface area contributed by atoms with Crippen LogP contribution in [0.15, 0.2) is 6.07 Å². The van der Waals surface area contributed by atoms with Crippen molar-refractivity contribution in [2.24, 2.45) is 0 Å². The topological polar surface area (TPSA) is 81.2 Å². The number of nitrogens with one attached hydrogen (secondary N) is 1. The molecule has 0 atom stereocenters. The molecule has 0 saturated carbocycles. The predicted octanol–water partition coefficient (Wildman–Crippen LogP) is 3.09. The summed E-state index contributed by atoms with van der Waals surface area (Å²) in [5.74, 6) is -0.564. The minimum Gasteiger partial charge on any atom is -0.393 e. The summed E-state index contributed by atoms with van der Waals surface area (Å²) in [6.45, 7) is 4.28. The van der Waals surface area contributed by atoms with Gasteiger partial charge in [0.25, 0.3) is 0 Å². The molecule has 1 aromatic rings. The summed E-state index contributed by atoms with van der Waals surface area (Å²) in [4.78, 5) is 10.3. The third kappa shape index (κ3) is 2.88. The molecule has 0 heterocycles. The zero-order chi connectivity index (χ0) is 13.7. The molecule has 18 heavy (non-hydrogen) atoms. The van der Waals surface area contributed by atoms with Gasteiger partial charge in [-0.3, -0.25) is 10.1 Å². The molecule has 0 aromatic heterocycles. The summed E-state index contributed by atoms with van der Waals surface area (Å²) in [7, 11) is 0. The fraction of sp³-hybridized carbons (Fsp3) is 0.500. The van der Waals surface area contributed by atoms with Gasteiger partial charge in [-0.25, -0.2) is 4.39 Å². The van der Waals surface area contributed by atoms with Crippen LogP contribution in [-0.2, 0) is 6.42 Å². The number of nitrogens with zero attached hydrogens (tertiary/aromatic N) is 1. The highest BCUT2D eigenvalue weighted by molar-refractivity contribution is 5.76. The van der Waals surface area contributed by atoms with Crippen LogP contribution in [0.2, 0.25) is 0 Å². The van der Waals surface area contributed by atoms with Crippen molar-refractivity contribution in [1.29, 1.82) is 0 Å². The third-order valence-corrected chi connectivity index (χ3v) is 2.60. The molecule has 0 aliphatic heterocycles. The number of benzene rings is 1. The number of halogens is 1. The van der Waals surface area contributed by atoms with Crippen molar-refractivity contribution in [2.45, 2.75) is 33.1 Å². The second kappa shape index (κ2) is 6.18. The normalized spacial score (nSPS) is 10.4. The molecular formula is C12H18FN3O2. The highest BCUT2D eigenvalue weighted by atomic mass is 19.1. The lowest BCUT2D eigenvalue weighted by atomic mass is 10.1. The zero-order valence-electron chi connectivity index (χ0n) is 10.6. The van der Waals surface area contributed by atoms with Crippen molar-refractivity contribution < 1.29 is 9.31 Å². The predicted molar refractivity (Wildman–Crippen MR) is 70.2 cm³/mol. The van der Waals surface area contributed by atoms with Crippen LogP contribution in [0.3, 0.4) is 0 Å². The molecule has 0 radical (unpaired) electrons. The summed E-state index contributed by atoms with van der Waals surface area (Å²) in [5, 5.41) is 13.7. The van der Waals surface area contributed by atoms with Gasteiger partial charge in [-0.15, -0.1) is 0 Å². The first-order chi connectivity index (χ1) is 8.52. The highest BCUT2D eigenvalue weighted by Gasteiger charge is 2.24. The van der Waals surface area contributed by atoms with Crippen LogP contribution in [-0.4, -0.2) is 11.5 Å². The third-order valence-electron chi connectivity index (χ3n) is 2.60. The number of aryl methyl sites for hydroxylation is 1. The molecule has 0 spiro atoms. The number of rotatable bonds is 6. The van der Waals surface area contributed by atoms with Gasteiger partial charge in [0.1, 0.15) is 5.69 Å². The van der Waals surface area contributed by atoms with Crippen LogP contribution in [0.25, 0.3) is 0 Å². The Kier molecular flexibility index (Phi) is 4.88. The SMILES string of the molecule is CCCNc1c(F)c(CCC)cc(N)c1[N+](=O)[O-]. The number of nitro groups is 1. The van der Waals surface area contributed by atoms with Crippen LogP contribution in [0.4, 0.5) is 21.5 Å². The van der Waals surface area contributed by atoms with Gasteiger partial charge in [0.05, 0.1) is 4.92 Å². The molecule has 0 fully saturated rings. The van der Waals surface area contributed by atoms with Gasteiger partial charge in [-0.2, -0.15) is 0 Å². The van der Waals surface area contributed by atoms with E-state index in [-0.39, 0.29) is 17.1 Å². The molecule has 0 bridgehead atoms. The van der Waals surface area contributed by atoms with Crippen LogP contribution in [0.1, 0.15) is 32.3 Å². The zero-order valence-corrected chi connectivity index (χ0v) is 10.6. The van der Waals surface area contributed by atoms with Crippen LogP contribution in [0, 0.1) is 15.9 Å². The maximum absolute atomic E-state index is 14.2. The lowest BCUT2D eigenvalue weighted by Crippen LogP contribution is -2.10. The van der Waals surface area contributed by atoms with E-state index in [0.717, 1.165) is 12.8 Å². The summed E-state index contributed by atoms with van der Waals surface area (Å²) in [6, 6.07) is 1.36. The molecule has 100 valence electrons. The summed E-state index contributed by atoms with van der Waals surface area (Å²) in [6.07, 6.45) is 2.00. The number of nitrogen functional groups attached to an aromatic ring is 1. The van der Waals surface area contributed by atoms with E-state index in [1.54, 1.807) is 0 Å². The van der Waals surface area contributed by atoms with E-state index in [1.165, 1.54) is 6.07 Å². The quantitative estimate of drug-likeness (QED) is 0.465. The van der Waals surface area contributed by atoms with Gasteiger partial charge in [0, 0.05) is 6.54 Å². The van der Waals surface area contributed by atoms with E-state index in [0.29, 0.717) is 18.5 Å². The molecule has 5 nitrogen and oxygen atoms in total. The van der Waals surface area contributed by atoms with Crippen molar-refractivity contribution in [3.8, 4) is 0 Å². The molecule has 1 rings (SSSR count). The maximum Gasteiger partial charge on any atom is 0.318 e. The first kappa shape index (κ1) is 14.2. The van der Waals surface area contributed by atoms with Crippen molar-refractivity contribution >= 4 is 17.1 Å². The average molecular weight is 255 g/mol. The maximum atomic E-state index is 14.2. The molecule has 0 unspecified atom stereocenters. The molecule has 3 N–H and O–H groups in total. The summed E-state index contributed by atoms with van der Waals surface area (Å²) in [5.41, 5.74) is 5.60. The van der Waals surface area contributed by atoms with Gasteiger partial charge in [0.15, 0.2) is 11.5 Å². The number of hydrogen-bond donors (Lipinski definition) is 2. The molecular weight excluding hydrogens is 237 g/mol. The standard InChI is InChI=1S/C12H18FN3O2/c1-3-5-8-7-9(14)12(16(17)18)11(10(8)13)15-6-4-2/h7,15H,3-6,14H2,1-2H3. The second-order valence-corrected chi connectivity index (χ2v) is 4.10. The van der Waals surface area contributed by atoms with Gasteiger partial charge in [-0.1, -0.05) is 20.3 Å². The fourth-order valence-electron chi connectivity index (χ4n) is 1.79. The minimum atomic E-state index is -0.647. The van der Waals surface area contributed by atoms with Crippen LogP contribution >= 0.6 is 0 Å². The highest BCUT2D eigenvalue weighted by Crippen LogP contribution is 2.36. The van der Waals surface area contributed by atoms with Crippen LogP contribution < -0.4 is 11.1 Å². The van der Waals surface area contributed by atoms with Crippen molar-refractivity contribution in [2.75, 3.05) is 17.6 Å². The van der Waals surface area contributed by atoms with Gasteiger partial charge in [0.2, 0.25) is 0 Å². The average Bonchev–Trinajstić information content (AvgIpc) is 2.31. The second-order valence-electron chi connectivity index (χ2n) is 4.10. The largest absolute Gasteiger partial charge is 0.393 e. The molecule has 0 aliphatic rings. The first-order valence-corrected chi connectivity index (χ1v) is 6.02. The number of hydrogen-bond acceptors (Lipinski definition) is 4. The number of anilines is 2. The van der Waals surface area contributed by atoms with Gasteiger partial charge in [-0.05, 0) is 24.5 Å². The molecule has 1 aromatic carbocycles. The molecule has 0 aliphatic carbocycles. The van der Waals surface area contributed by atoms with E-state index < -0.39 is 10.7 Å². The van der Waals surface area contributed by atoms with E-state index in [4.69, 9.17) is 5.73 Å². The monoisotopic (exact) mass is 255 g/mol. The number of nitrogens with two attached hydrogens (primary N) is 1. The smallest absolute Gasteiger partial charge is 0.318 e. The molecule has 6 heteroatoms. The number of nitro benzene ring substituents is 1. The lowest BCUT2D eigenvalue weighted by Gasteiger charge is -2.12. The molecule has 0 saturated heterocycles. The van der Waals surface area contributed by atoms with E-state index in [1.807, 2.05) is 13.8 Å². The summed E-state index contributed by atoms with van der Waals surface area (Å²) >= 11 is 0. The summed E-state index contributed by atoms with van der Waals surface area (Å²) < 4.78 is 14.2. The Labute approximate surface area is 105 Å². The van der Waals surface area contributed by atoms with Crippen molar-refractivity contribution in [3.63, 3.8) is 0 Å². The minimum absolute atomic E-state index is 0.00320. The van der Waals surface area contributed by atoms with Crippen molar-refractivity contribution in [3.05, 3.63) is 27.6 Å². The van der Waals surface area contributed by atoms with E-state index in [9.17, 15) is 14.5 Å². The Balaban J connectivity index is 3.33. The Morgan fingerprint density at radius 1 is 1.44 bits per heavy atom. The van der Waals surface area contributed by atoms with Gasteiger partial charge < -0.3 is 11.1 Å².